The highest BCUT2D eigenvalue weighted by Crippen LogP contribution is 2.48. The second-order valence-corrected chi connectivity index (χ2v) is 6.95. The Balaban J connectivity index is 1.63. The zero-order valence-corrected chi connectivity index (χ0v) is 15.5. The second-order valence-electron chi connectivity index (χ2n) is 6.95. The standard InChI is InChI=1S/C22H14N6O2/c29-15-5-6-16-17(9-15)30-22-19(18(16)13-3-1-7-23-10-13)21-26-20(27-28(21)12-25-22)14-4-2-8-24-11-14/h1-12,18,29H/t18-/m0/s1. The molecule has 0 radical (unpaired) electrons. The van der Waals surface area contributed by atoms with Gasteiger partial charge >= 0.3 is 0 Å². The molecular weight excluding hydrogens is 380 g/mol. The van der Waals surface area contributed by atoms with E-state index in [1.165, 1.54) is 0 Å². The molecule has 1 aromatic carbocycles. The quantitative estimate of drug-likeness (QED) is 0.479. The average Bonchev–Trinajstić information content (AvgIpc) is 3.23. The predicted octanol–water partition coefficient (Wildman–Crippen LogP) is 3.57. The van der Waals surface area contributed by atoms with Crippen LogP contribution in [-0.2, 0) is 0 Å². The molecule has 0 aliphatic carbocycles. The Kier molecular flexibility index (Phi) is 3.51. The largest absolute Gasteiger partial charge is 0.508 e. The van der Waals surface area contributed by atoms with Crippen molar-refractivity contribution in [2.75, 3.05) is 0 Å². The Labute approximate surface area is 170 Å². The molecule has 0 bridgehead atoms. The molecule has 1 aliphatic rings. The number of phenols is 1. The van der Waals surface area contributed by atoms with E-state index in [2.05, 4.69) is 20.1 Å². The number of pyridine rings is 2. The van der Waals surface area contributed by atoms with Crippen LogP contribution in [0.3, 0.4) is 0 Å². The van der Waals surface area contributed by atoms with Crippen molar-refractivity contribution in [3.63, 3.8) is 0 Å². The molecule has 6 rings (SSSR count). The molecule has 0 saturated carbocycles. The van der Waals surface area contributed by atoms with Gasteiger partial charge < -0.3 is 9.84 Å². The molecule has 144 valence electrons. The number of ether oxygens (including phenoxy) is 1. The Morgan fingerprint density at radius 1 is 1.00 bits per heavy atom. The summed E-state index contributed by atoms with van der Waals surface area (Å²) in [5.74, 6) is 1.45. The molecule has 5 aromatic rings. The first-order valence-electron chi connectivity index (χ1n) is 9.34. The monoisotopic (exact) mass is 394 g/mol. The molecule has 1 N–H and O–H groups in total. The maximum absolute atomic E-state index is 9.95. The third kappa shape index (κ3) is 2.51. The van der Waals surface area contributed by atoms with E-state index in [0.29, 0.717) is 23.1 Å². The van der Waals surface area contributed by atoms with E-state index in [9.17, 15) is 5.11 Å². The Morgan fingerprint density at radius 2 is 1.87 bits per heavy atom. The van der Waals surface area contributed by atoms with Gasteiger partial charge in [0.15, 0.2) is 11.5 Å². The summed E-state index contributed by atoms with van der Waals surface area (Å²) in [6, 6.07) is 12.8. The summed E-state index contributed by atoms with van der Waals surface area (Å²) in [4.78, 5) is 17.7. The maximum Gasteiger partial charge on any atom is 0.228 e. The predicted molar refractivity (Wildman–Crippen MR) is 107 cm³/mol. The molecule has 1 atom stereocenters. The van der Waals surface area contributed by atoms with E-state index in [1.807, 2.05) is 36.5 Å². The molecule has 0 unspecified atom stereocenters. The van der Waals surface area contributed by atoms with Crippen molar-refractivity contribution in [3.8, 4) is 28.8 Å². The minimum Gasteiger partial charge on any atom is -0.508 e. The molecule has 0 saturated heterocycles. The van der Waals surface area contributed by atoms with Crippen molar-refractivity contribution < 1.29 is 9.84 Å². The van der Waals surface area contributed by atoms with Gasteiger partial charge in [-0.25, -0.2) is 14.5 Å². The van der Waals surface area contributed by atoms with E-state index in [-0.39, 0.29) is 11.7 Å². The third-order valence-corrected chi connectivity index (χ3v) is 5.13. The number of aromatic nitrogens is 6. The lowest BCUT2D eigenvalue weighted by atomic mass is 9.84. The number of nitrogens with zero attached hydrogens (tertiary/aromatic N) is 6. The van der Waals surface area contributed by atoms with Gasteiger partial charge in [0.2, 0.25) is 5.88 Å². The number of aromatic hydroxyl groups is 1. The normalized spacial score (nSPS) is 14.7. The van der Waals surface area contributed by atoms with Gasteiger partial charge in [0, 0.05) is 47.9 Å². The van der Waals surface area contributed by atoms with Gasteiger partial charge in [0.25, 0.3) is 0 Å². The summed E-state index contributed by atoms with van der Waals surface area (Å²) in [7, 11) is 0. The van der Waals surface area contributed by atoms with E-state index in [1.54, 1.807) is 41.6 Å². The van der Waals surface area contributed by atoms with Gasteiger partial charge in [-0.1, -0.05) is 12.1 Å². The second kappa shape index (κ2) is 6.35. The van der Waals surface area contributed by atoms with Crippen LogP contribution in [0.2, 0.25) is 0 Å². The molecule has 30 heavy (non-hydrogen) atoms. The SMILES string of the molecule is Oc1ccc2c(c1)Oc1ncn3nc(-c4cccnc4)nc3c1[C@H]2c1cccnc1. The maximum atomic E-state index is 9.95. The van der Waals surface area contributed by atoms with Crippen molar-refractivity contribution >= 4 is 5.65 Å². The minimum absolute atomic E-state index is 0.129. The van der Waals surface area contributed by atoms with Crippen LogP contribution in [0.5, 0.6) is 17.4 Å². The number of fused-ring (bicyclic) bond motifs is 4. The number of rotatable bonds is 2. The third-order valence-electron chi connectivity index (χ3n) is 5.13. The molecular formula is C22H14N6O2. The first-order valence-corrected chi connectivity index (χ1v) is 9.34. The van der Waals surface area contributed by atoms with Gasteiger partial charge in [0.05, 0.1) is 5.56 Å². The fourth-order valence-corrected chi connectivity index (χ4v) is 3.81. The summed E-state index contributed by atoms with van der Waals surface area (Å²) in [5, 5.41) is 14.5. The molecule has 1 aliphatic heterocycles. The zero-order chi connectivity index (χ0) is 20.1. The Bertz CT molecular complexity index is 1390. The first-order chi connectivity index (χ1) is 14.8. The lowest BCUT2D eigenvalue weighted by Gasteiger charge is -2.27. The molecule has 8 nitrogen and oxygen atoms in total. The fourth-order valence-electron chi connectivity index (χ4n) is 3.81. The summed E-state index contributed by atoms with van der Waals surface area (Å²) >= 11 is 0. The number of hydrogen-bond acceptors (Lipinski definition) is 7. The van der Waals surface area contributed by atoms with Crippen molar-refractivity contribution in [3.05, 3.63) is 90.3 Å². The summed E-state index contributed by atoms with van der Waals surface area (Å²) in [6.45, 7) is 0. The molecule has 0 spiro atoms. The highest BCUT2D eigenvalue weighted by molar-refractivity contribution is 5.68. The van der Waals surface area contributed by atoms with Gasteiger partial charge in [-0.15, -0.1) is 5.10 Å². The number of phenolic OH excluding ortho intramolecular Hbond substituents is 1. The van der Waals surface area contributed by atoms with Gasteiger partial charge in [-0.3, -0.25) is 9.97 Å². The van der Waals surface area contributed by atoms with Crippen LogP contribution in [-0.4, -0.2) is 34.7 Å². The van der Waals surface area contributed by atoms with Gasteiger partial charge in [-0.2, -0.15) is 0 Å². The molecule has 8 heteroatoms. The minimum atomic E-state index is -0.222. The van der Waals surface area contributed by atoms with Gasteiger partial charge in [-0.05, 0) is 29.8 Å². The van der Waals surface area contributed by atoms with Crippen molar-refractivity contribution in [2.24, 2.45) is 0 Å². The van der Waals surface area contributed by atoms with Crippen LogP contribution in [0.15, 0.2) is 73.6 Å². The van der Waals surface area contributed by atoms with Crippen LogP contribution in [0, 0.1) is 0 Å². The van der Waals surface area contributed by atoms with Crippen LogP contribution >= 0.6 is 0 Å². The molecule has 0 amide bonds. The molecule has 4 aromatic heterocycles. The summed E-state index contributed by atoms with van der Waals surface area (Å²) in [5.41, 5.74) is 4.12. The number of benzene rings is 1. The van der Waals surface area contributed by atoms with E-state index in [4.69, 9.17) is 9.72 Å². The van der Waals surface area contributed by atoms with Crippen LogP contribution < -0.4 is 4.74 Å². The lowest BCUT2D eigenvalue weighted by molar-refractivity contribution is 0.422. The Hall–Kier alpha value is -4.33. The van der Waals surface area contributed by atoms with E-state index >= 15 is 0 Å². The van der Waals surface area contributed by atoms with Crippen LogP contribution in [0.4, 0.5) is 0 Å². The Morgan fingerprint density at radius 3 is 2.67 bits per heavy atom. The average molecular weight is 394 g/mol. The smallest absolute Gasteiger partial charge is 0.228 e. The zero-order valence-electron chi connectivity index (χ0n) is 15.5. The highest BCUT2D eigenvalue weighted by atomic mass is 16.5. The molecule has 0 fully saturated rings. The highest BCUT2D eigenvalue weighted by Gasteiger charge is 2.33. The lowest BCUT2D eigenvalue weighted by Crippen LogP contribution is -2.15. The topological polar surface area (TPSA) is 98.3 Å². The fraction of sp³-hybridized carbons (Fsp3) is 0.0455. The first kappa shape index (κ1) is 16.6. The summed E-state index contributed by atoms with van der Waals surface area (Å²) < 4.78 is 7.70. The van der Waals surface area contributed by atoms with Crippen molar-refractivity contribution in [1.29, 1.82) is 0 Å². The van der Waals surface area contributed by atoms with Crippen LogP contribution in [0.25, 0.3) is 17.0 Å². The van der Waals surface area contributed by atoms with Gasteiger partial charge in [0.1, 0.15) is 17.8 Å². The van der Waals surface area contributed by atoms with Crippen molar-refractivity contribution in [1.82, 2.24) is 29.5 Å². The summed E-state index contributed by atoms with van der Waals surface area (Å²) in [6.07, 6.45) is 8.56. The van der Waals surface area contributed by atoms with E-state index < -0.39 is 0 Å². The van der Waals surface area contributed by atoms with Crippen LogP contribution in [0.1, 0.15) is 22.6 Å². The molecule has 5 heterocycles. The van der Waals surface area contributed by atoms with Crippen molar-refractivity contribution in [2.45, 2.75) is 5.92 Å². The number of hydrogen-bond donors (Lipinski definition) is 1. The van der Waals surface area contributed by atoms with E-state index in [0.717, 1.165) is 22.3 Å².